The van der Waals surface area contributed by atoms with Crippen molar-refractivity contribution in [2.24, 2.45) is 0 Å². The summed E-state index contributed by atoms with van der Waals surface area (Å²) in [5.41, 5.74) is 2.34. The molecule has 1 unspecified atom stereocenters. The molecule has 112 valence electrons. The summed E-state index contributed by atoms with van der Waals surface area (Å²) in [6, 6.07) is 14.7. The van der Waals surface area contributed by atoms with E-state index >= 15 is 0 Å². The average molecular weight is 340 g/mol. The lowest BCUT2D eigenvalue weighted by atomic mass is 9.99. The first-order chi connectivity index (χ1) is 10.2. The third kappa shape index (κ3) is 4.40. The third-order valence-electron chi connectivity index (χ3n) is 3.42. The van der Waals surface area contributed by atoms with Gasteiger partial charge in [-0.1, -0.05) is 54.4 Å². The van der Waals surface area contributed by atoms with Crippen LogP contribution in [0, 0.1) is 0 Å². The van der Waals surface area contributed by atoms with E-state index in [2.05, 4.69) is 42.8 Å². The van der Waals surface area contributed by atoms with Gasteiger partial charge < -0.3 is 5.32 Å². The van der Waals surface area contributed by atoms with Gasteiger partial charge in [-0.2, -0.15) is 0 Å². The summed E-state index contributed by atoms with van der Waals surface area (Å²) in [7, 11) is 0. The highest BCUT2D eigenvalue weighted by molar-refractivity contribution is 7.98. The second-order valence-electron chi connectivity index (χ2n) is 4.80. The van der Waals surface area contributed by atoms with Crippen LogP contribution in [0.1, 0.15) is 24.1 Å². The summed E-state index contributed by atoms with van der Waals surface area (Å²) in [5, 5.41) is 4.79. The van der Waals surface area contributed by atoms with Gasteiger partial charge in [0.2, 0.25) is 0 Å². The van der Waals surface area contributed by atoms with Crippen molar-refractivity contribution in [1.29, 1.82) is 0 Å². The Bertz CT molecular complexity index is 584. The van der Waals surface area contributed by atoms with E-state index in [0.29, 0.717) is 10.0 Å². The molecule has 1 N–H and O–H groups in total. The molecule has 2 aromatic rings. The molecule has 0 radical (unpaired) electrons. The van der Waals surface area contributed by atoms with E-state index in [1.807, 2.05) is 18.2 Å². The Morgan fingerprint density at radius 1 is 1.10 bits per heavy atom. The molecule has 0 spiro atoms. The largest absolute Gasteiger partial charge is 0.310 e. The molecule has 0 aromatic heterocycles. The molecule has 0 aliphatic carbocycles. The first-order valence-electron chi connectivity index (χ1n) is 6.96. The summed E-state index contributed by atoms with van der Waals surface area (Å²) in [6.45, 7) is 3.02. The van der Waals surface area contributed by atoms with Crippen LogP contribution in [0.2, 0.25) is 10.0 Å². The minimum absolute atomic E-state index is 0.238. The van der Waals surface area contributed by atoms with Gasteiger partial charge in [-0.15, -0.1) is 11.8 Å². The van der Waals surface area contributed by atoms with E-state index in [0.717, 1.165) is 18.5 Å². The van der Waals surface area contributed by atoms with Crippen LogP contribution < -0.4 is 5.32 Å². The summed E-state index contributed by atoms with van der Waals surface area (Å²) in [6.07, 6.45) is 2.91. The smallest absolute Gasteiger partial charge is 0.0624 e. The van der Waals surface area contributed by atoms with Crippen molar-refractivity contribution >= 4 is 35.0 Å². The number of likely N-dealkylation sites (N-methyl/N-ethyl adjacent to an activating group) is 1. The zero-order valence-electron chi connectivity index (χ0n) is 12.2. The van der Waals surface area contributed by atoms with E-state index < -0.39 is 0 Å². The molecule has 1 nitrogen and oxygen atoms in total. The number of rotatable bonds is 6. The van der Waals surface area contributed by atoms with Gasteiger partial charge in [0.15, 0.2) is 0 Å². The maximum absolute atomic E-state index is 6.31. The maximum atomic E-state index is 6.31. The predicted octanol–water partition coefficient (Wildman–Crippen LogP) is 5.61. The van der Waals surface area contributed by atoms with E-state index in [9.17, 15) is 0 Å². The topological polar surface area (TPSA) is 12.0 Å². The highest BCUT2D eigenvalue weighted by Gasteiger charge is 2.14. The van der Waals surface area contributed by atoms with Gasteiger partial charge in [-0.05, 0) is 48.5 Å². The molecule has 0 aliphatic heterocycles. The Morgan fingerprint density at radius 3 is 2.43 bits per heavy atom. The molecule has 0 amide bonds. The Balaban J connectivity index is 2.23. The molecule has 0 saturated heterocycles. The van der Waals surface area contributed by atoms with E-state index in [1.165, 1.54) is 10.5 Å². The average Bonchev–Trinajstić information content (AvgIpc) is 2.51. The zero-order chi connectivity index (χ0) is 15.2. The van der Waals surface area contributed by atoms with Crippen LogP contribution in [0.4, 0.5) is 0 Å². The van der Waals surface area contributed by atoms with E-state index in [4.69, 9.17) is 23.2 Å². The van der Waals surface area contributed by atoms with Crippen molar-refractivity contribution in [2.45, 2.75) is 24.3 Å². The molecule has 2 aromatic carbocycles. The minimum atomic E-state index is 0.238. The Morgan fingerprint density at radius 2 is 1.81 bits per heavy atom. The van der Waals surface area contributed by atoms with Gasteiger partial charge in [0.1, 0.15) is 0 Å². The molecule has 0 aliphatic rings. The SMILES string of the molecule is CCNC(Cc1cccc(Cl)c1Cl)c1ccc(SC)cc1. The van der Waals surface area contributed by atoms with Crippen molar-refractivity contribution in [3.8, 4) is 0 Å². The molecule has 4 heteroatoms. The summed E-state index contributed by atoms with van der Waals surface area (Å²) in [5.74, 6) is 0. The van der Waals surface area contributed by atoms with Crippen molar-refractivity contribution in [1.82, 2.24) is 5.32 Å². The van der Waals surface area contributed by atoms with Crippen molar-refractivity contribution < 1.29 is 0 Å². The summed E-state index contributed by atoms with van der Waals surface area (Å²) < 4.78 is 0. The molecule has 1 atom stereocenters. The quantitative estimate of drug-likeness (QED) is 0.686. The van der Waals surface area contributed by atoms with Crippen LogP contribution in [0.15, 0.2) is 47.4 Å². The number of halogens is 2. The van der Waals surface area contributed by atoms with Gasteiger partial charge in [0.25, 0.3) is 0 Å². The van der Waals surface area contributed by atoms with Crippen LogP contribution in [0.3, 0.4) is 0 Å². The lowest BCUT2D eigenvalue weighted by Crippen LogP contribution is -2.23. The zero-order valence-corrected chi connectivity index (χ0v) is 14.5. The standard InChI is InChI=1S/C17H19Cl2NS/c1-3-20-16(12-7-9-14(21-2)10-8-12)11-13-5-4-6-15(18)17(13)19/h4-10,16,20H,3,11H2,1-2H3. The van der Waals surface area contributed by atoms with Crippen LogP contribution in [-0.2, 0) is 6.42 Å². The highest BCUT2D eigenvalue weighted by Crippen LogP contribution is 2.29. The molecule has 0 fully saturated rings. The first kappa shape index (κ1) is 16.7. The minimum Gasteiger partial charge on any atom is -0.310 e. The van der Waals surface area contributed by atoms with Gasteiger partial charge in [-0.3, -0.25) is 0 Å². The first-order valence-corrected chi connectivity index (χ1v) is 8.94. The van der Waals surface area contributed by atoms with Gasteiger partial charge >= 0.3 is 0 Å². The summed E-state index contributed by atoms with van der Waals surface area (Å²) in [4.78, 5) is 1.27. The van der Waals surface area contributed by atoms with Crippen molar-refractivity contribution in [3.63, 3.8) is 0 Å². The fraction of sp³-hybridized carbons (Fsp3) is 0.294. The number of thioether (sulfide) groups is 1. The Hall–Kier alpha value is -0.670. The molecular weight excluding hydrogens is 321 g/mol. The molecule has 0 heterocycles. The molecule has 0 bridgehead atoms. The monoisotopic (exact) mass is 339 g/mol. The van der Waals surface area contributed by atoms with Crippen LogP contribution in [0.5, 0.6) is 0 Å². The van der Waals surface area contributed by atoms with Crippen LogP contribution in [0.25, 0.3) is 0 Å². The molecular formula is C17H19Cl2NS. The fourth-order valence-corrected chi connectivity index (χ4v) is 3.12. The maximum Gasteiger partial charge on any atom is 0.0624 e. The molecule has 2 rings (SSSR count). The number of hydrogen-bond acceptors (Lipinski definition) is 2. The molecule has 0 saturated carbocycles. The van der Waals surface area contributed by atoms with Gasteiger partial charge in [0, 0.05) is 10.9 Å². The second kappa shape index (κ2) is 8.09. The lowest BCUT2D eigenvalue weighted by molar-refractivity contribution is 0.549. The Kier molecular flexibility index (Phi) is 6.43. The van der Waals surface area contributed by atoms with Crippen molar-refractivity contribution in [2.75, 3.05) is 12.8 Å². The lowest BCUT2D eigenvalue weighted by Gasteiger charge is -2.19. The van der Waals surface area contributed by atoms with Crippen LogP contribution in [-0.4, -0.2) is 12.8 Å². The van der Waals surface area contributed by atoms with Crippen molar-refractivity contribution in [3.05, 3.63) is 63.6 Å². The van der Waals surface area contributed by atoms with Gasteiger partial charge in [-0.25, -0.2) is 0 Å². The number of nitrogens with one attached hydrogen (secondary N) is 1. The number of hydrogen-bond donors (Lipinski definition) is 1. The predicted molar refractivity (Wildman–Crippen MR) is 94.8 cm³/mol. The molecule has 21 heavy (non-hydrogen) atoms. The Labute approximate surface area is 141 Å². The fourth-order valence-electron chi connectivity index (χ4n) is 2.32. The highest BCUT2D eigenvalue weighted by atomic mass is 35.5. The number of benzene rings is 2. The van der Waals surface area contributed by atoms with Gasteiger partial charge in [0.05, 0.1) is 10.0 Å². The summed E-state index contributed by atoms with van der Waals surface area (Å²) >= 11 is 14.2. The second-order valence-corrected chi connectivity index (χ2v) is 6.47. The third-order valence-corrected chi connectivity index (χ3v) is 5.03. The van der Waals surface area contributed by atoms with E-state index in [1.54, 1.807) is 11.8 Å². The van der Waals surface area contributed by atoms with Crippen LogP contribution >= 0.6 is 35.0 Å². The normalized spacial score (nSPS) is 12.4. The van der Waals surface area contributed by atoms with E-state index in [-0.39, 0.29) is 6.04 Å².